The molecule has 5 saturated heterocycles. The maximum atomic E-state index is 14.4. The van der Waals surface area contributed by atoms with Gasteiger partial charge >= 0.3 is 5.97 Å². The first-order chi connectivity index (χ1) is 28.9. The lowest BCUT2D eigenvalue weighted by Gasteiger charge is -2.64. The Morgan fingerprint density at radius 3 is 2.35 bits per heavy atom. The fourth-order valence-corrected chi connectivity index (χ4v) is 16.0. The summed E-state index contributed by atoms with van der Waals surface area (Å²) < 4.78 is 21.4. The van der Waals surface area contributed by atoms with Crippen LogP contribution in [0.25, 0.3) is 0 Å². The highest BCUT2D eigenvalue weighted by atomic mass is 16.6. The number of allylic oxidation sites excluding steroid dienone is 1. The van der Waals surface area contributed by atoms with E-state index in [1.54, 1.807) is 13.0 Å². The molecule has 23 atom stereocenters. The molecule has 11 N–H and O–H groups in total. The van der Waals surface area contributed by atoms with Gasteiger partial charge in [0.25, 0.3) is 0 Å². The van der Waals surface area contributed by atoms with E-state index in [4.69, 9.17) is 25.7 Å². The number of Topliss-reactive ketones (excluding diaryl/α,β-unsaturated/α-hetero) is 1. The number of carbonyl (C=O) groups is 2. The summed E-state index contributed by atoms with van der Waals surface area (Å²) >= 11 is 0. The van der Waals surface area contributed by atoms with E-state index in [1.807, 2.05) is 0 Å². The first kappa shape index (κ1) is 43.7. The molecule has 4 aliphatic carbocycles. The molecule has 5 aliphatic heterocycles. The number of ether oxygens (including phenoxy) is 3. The molecule has 5 heterocycles. The van der Waals surface area contributed by atoms with Gasteiger partial charge in [-0.05, 0) is 163 Å². The fourth-order valence-electron chi connectivity index (χ4n) is 16.0. The van der Waals surface area contributed by atoms with Crippen molar-refractivity contribution in [3.63, 3.8) is 0 Å². The third-order valence-electron chi connectivity index (χ3n) is 18.7. The highest BCUT2D eigenvalue weighted by Gasteiger charge is 2.68. The lowest BCUT2D eigenvalue weighted by Crippen LogP contribution is -2.72. The number of piperidine rings is 2. The normalized spacial score (nSPS) is 53.0. The number of hydrogen-bond donors (Lipinski definition) is 9. The summed E-state index contributed by atoms with van der Waals surface area (Å²) in [5.74, 6) is -2.04. The van der Waals surface area contributed by atoms with Gasteiger partial charge in [0.15, 0.2) is 0 Å². The smallest absolute Gasteiger partial charge is 0.336 e. The van der Waals surface area contributed by atoms with Crippen LogP contribution in [-0.2, 0) is 23.8 Å². The zero-order valence-corrected chi connectivity index (χ0v) is 35.7. The molecule has 0 aromatic carbocycles. The second-order valence-corrected chi connectivity index (χ2v) is 21.1. The topological polar surface area (TPSA) is 239 Å². The number of ketones is 1. The lowest BCUT2D eigenvalue weighted by molar-refractivity contribution is -0.315. The first-order valence-corrected chi connectivity index (χ1v) is 23.8. The number of aliphatic hydroxyl groups excluding tert-OH is 5. The van der Waals surface area contributed by atoms with Crippen LogP contribution in [0.4, 0.5) is 0 Å². The van der Waals surface area contributed by atoms with Crippen LogP contribution in [0.15, 0.2) is 11.6 Å². The number of fused-ring (bicyclic) bond motifs is 9. The van der Waals surface area contributed by atoms with Crippen molar-refractivity contribution >= 4 is 11.8 Å². The van der Waals surface area contributed by atoms with Crippen LogP contribution in [0.1, 0.15) is 90.9 Å². The van der Waals surface area contributed by atoms with Crippen molar-refractivity contribution < 1.29 is 49.3 Å². The lowest BCUT2D eigenvalue weighted by atomic mass is 9.49. The standard InChI is InChI=1S/C46H74N4O10/c1-3-21(18-51)45(57)59-35-16-31-41(56)39-34(55)15-26(19-52)58-43(39)40-37-29-10-11-49-44(48)38(29)28(9-5-22-4-7-25(54)14-30(22)32(37)20-53)27-8-6-23-13-36(47)50-17-24(23)12-33(27)46(35,2)60-42(31)40/h3,22-33,35-44,49-54,56H,4-20,47-48H2,1-2H3. The molecule has 0 aromatic rings. The molecule has 4 bridgehead atoms. The van der Waals surface area contributed by atoms with E-state index in [0.717, 1.165) is 64.3 Å². The average molecular weight is 843 g/mol. The molecule has 14 heteroatoms. The van der Waals surface area contributed by atoms with Gasteiger partial charge in [0.05, 0.1) is 67.6 Å². The van der Waals surface area contributed by atoms with Crippen molar-refractivity contribution in [1.82, 2.24) is 10.6 Å². The Hall–Kier alpha value is -1.56. The summed E-state index contributed by atoms with van der Waals surface area (Å²) in [5.41, 5.74) is 13.1. The van der Waals surface area contributed by atoms with Crippen LogP contribution in [-0.4, -0.2) is 125 Å². The minimum absolute atomic E-state index is 0.00000972. The van der Waals surface area contributed by atoms with Crippen LogP contribution in [0.2, 0.25) is 0 Å². The number of carbonyl (C=O) groups excluding carboxylic acids is 2. The number of hydrogen-bond acceptors (Lipinski definition) is 14. The SMILES string of the molecule is CC=C(CO)C(=O)OC1CC2C(O)C3C(=O)CC(CO)OC3C3C2OC1(C)C1CC2CNC(N)CC2CCC1C1CCC2CCC(O)CC2C(CO)C3C2CCNC(N)C12. The number of rotatable bonds is 5. The molecule has 338 valence electrons. The molecule has 9 fully saturated rings. The number of esters is 1. The molecule has 0 amide bonds. The van der Waals surface area contributed by atoms with E-state index in [0.29, 0.717) is 24.8 Å². The third-order valence-corrected chi connectivity index (χ3v) is 18.7. The number of nitrogens with one attached hydrogen (secondary N) is 2. The van der Waals surface area contributed by atoms with Gasteiger partial charge in [-0.25, -0.2) is 4.79 Å². The third kappa shape index (κ3) is 7.37. The van der Waals surface area contributed by atoms with Gasteiger partial charge in [-0.1, -0.05) is 6.08 Å². The Balaban J connectivity index is 1.29. The van der Waals surface area contributed by atoms with Gasteiger partial charge in [-0.2, -0.15) is 0 Å². The molecule has 60 heavy (non-hydrogen) atoms. The zero-order valence-electron chi connectivity index (χ0n) is 35.7. The second kappa shape index (κ2) is 17.4. The minimum Gasteiger partial charge on any atom is -0.456 e. The summed E-state index contributed by atoms with van der Waals surface area (Å²) in [4.78, 5) is 28.4. The average Bonchev–Trinajstić information content (AvgIpc) is 3.38. The minimum atomic E-state index is -1.17. The Bertz CT molecular complexity index is 1600. The largest absolute Gasteiger partial charge is 0.456 e. The van der Waals surface area contributed by atoms with E-state index < -0.39 is 72.6 Å². The Morgan fingerprint density at radius 1 is 0.833 bits per heavy atom. The van der Waals surface area contributed by atoms with Gasteiger partial charge in [-0.3, -0.25) is 4.79 Å². The van der Waals surface area contributed by atoms with Crippen molar-refractivity contribution in [2.24, 2.45) is 94.3 Å². The van der Waals surface area contributed by atoms with Crippen LogP contribution in [0.5, 0.6) is 0 Å². The second-order valence-electron chi connectivity index (χ2n) is 21.1. The van der Waals surface area contributed by atoms with Crippen molar-refractivity contribution in [2.45, 2.75) is 145 Å². The zero-order chi connectivity index (χ0) is 42.2. The molecule has 0 radical (unpaired) electrons. The van der Waals surface area contributed by atoms with Gasteiger partial charge in [0.1, 0.15) is 17.5 Å². The number of nitrogens with two attached hydrogens (primary N) is 2. The van der Waals surface area contributed by atoms with Crippen LogP contribution in [0, 0.1) is 82.9 Å². The predicted octanol–water partition coefficient (Wildman–Crippen LogP) is 1.19. The molecular weight excluding hydrogens is 769 g/mol. The molecule has 23 unspecified atom stereocenters. The van der Waals surface area contributed by atoms with Crippen molar-refractivity contribution in [3.05, 3.63) is 11.6 Å². The Morgan fingerprint density at radius 2 is 1.60 bits per heavy atom. The van der Waals surface area contributed by atoms with Gasteiger partial charge in [0, 0.05) is 24.9 Å². The van der Waals surface area contributed by atoms with E-state index in [9.17, 15) is 35.1 Å². The molecule has 9 rings (SSSR count). The molecule has 9 aliphatic rings. The predicted molar refractivity (Wildman–Crippen MR) is 220 cm³/mol. The van der Waals surface area contributed by atoms with Crippen LogP contribution >= 0.6 is 0 Å². The van der Waals surface area contributed by atoms with Crippen molar-refractivity contribution in [2.75, 3.05) is 32.9 Å². The maximum absolute atomic E-state index is 14.4. The Kier molecular flexibility index (Phi) is 12.7. The van der Waals surface area contributed by atoms with Crippen LogP contribution in [0.3, 0.4) is 0 Å². The number of aliphatic hydroxyl groups is 5. The highest BCUT2D eigenvalue weighted by molar-refractivity contribution is 5.88. The van der Waals surface area contributed by atoms with E-state index in [1.165, 1.54) is 0 Å². The van der Waals surface area contributed by atoms with Gasteiger partial charge in [-0.15, -0.1) is 0 Å². The summed E-state index contributed by atoms with van der Waals surface area (Å²) in [5, 5.41) is 64.0. The molecule has 4 saturated carbocycles. The molecule has 14 nitrogen and oxygen atoms in total. The van der Waals surface area contributed by atoms with Crippen LogP contribution < -0.4 is 22.1 Å². The van der Waals surface area contributed by atoms with Gasteiger partial charge < -0.3 is 61.8 Å². The first-order valence-electron chi connectivity index (χ1n) is 23.8. The quantitative estimate of drug-likeness (QED) is 0.140. The van der Waals surface area contributed by atoms with Crippen molar-refractivity contribution in [3.8, 4) is 0 Å². The monoisotopic (exact) mass is 843 g/mol. The Labute approximate surface area is 355 Å². The molecular formula is C46H74N4O10. The molecule has 0 spiro atoms. The van der Waals surface area contributed by atoms with Crippen molar-refractivity contribution in [1.29, 1.82) is 0 Å². The maximum Gasteiger partial charge on any atom is 0.336 e. The summed E-state index contributed by atoms with van der Waals surface area (Å²) in [6, 6.07) is 0. The van der Waals surface area contributed by atoms with Gasteiger partial charge in [0.2, 0.25) is 0 Å². The highest BCUT2D eigenvalue weighted by Crippen LogP contribution is 2.63. The van der Waals surface area contributed by atoms with E-state index >= 15 is 0 Å². The summed E-state index contributed by atoms with van der Waals surface area (Å²) in [7, 11) is 0. The van der Waals surface area contributed by atoms with E-state index in [-0.39, 0.29) is 103 Å². The summed E-state index contributed by atoms with van der Waals surface area (Å²) in [6.07, 6.45) is 5.34. The fraction of sp³-hybridized carbons (Fsp3) is 0.913. The molecule has 0 aromatic heterocycles. The van der Waals surface area contributed by atoms with E-state index in [2.05, 4.69) is 17.6 Å². The summed E-state index contributed by atoms with van der Waals surface area (Å²) in [6.45, 7) is 4.40.